The number of unbranched alkanes of at least 4 members (excludes halogenated alkanes) is 7. The fourth-order valence-corrected chi connectivity index (χ4v) is 4.18. The molecule has 2 aromatic carbocycles. The number of para-hydroxylation sites is 2. The van der Waals surface area contributed by atoms with E-state index in [0.717, 1.165) is 24.3 Å². The number of carbonyl (C=O) groups is 1. The molecule has 1 heterocycles. The normalized spacial score (nSPS) is 11.2. The summed E-state index contributed by atoms with van der Waals surface area (Å²) >= 11 is 5.99. The lowest BCUT2D eigenvalue weighted by atomic mass is 10.1. The monoisotopic (exact) mass is 439 g/mol. The van der Waals surface area contributed by atoms with Crippen molar-refractivity contribution in [1.29, 1.82) is 0 Å². The number of hydrogen-bond donors (Lipinski definition) is 1. The molecule has 0 saturated carbocycles. The van der Waals surface area contributed by atoms with Crippen LogP contribution in [-0.2, 0) is 13.0 Å². The molecule has 0 aliphatic heterocycles. The number of amides is 1. The molecule has 0 bridgehead atoms. The van der Waals surface area contributed by atoms with Gasteiger partial charge in [0, 0.05) is 30.1 Å². The van der Waals surface area contributed by atoms with E-state index in [0.29, 0.717) is 23.6 Å². The van der Waals surface area contributed by atoms with Crippen LogP contribution in [0.25, 0.3) is 11.0 Å². The van der Waals surface area contributed by atoms with E-state index in [1.807, 2.05) is 6.07 Å². The number of halogens is 1. The van der Waals surface area contributed by atoms with Crippen LogP contribution in [0.2, 0.25) is 5.02 Å². The summed E-state index contributed by atoms with van der Waals surface area (Å²) in [5.74, 6) is 0.934. The van der Waals surface area contributed by atoms with Gasteiger partial charge < -0.3 is 9.88 Å². The zero-order valence-corrected chi connectivity index (χ0v) is 19.3. The van der Waals surface area contributed by atoms with Crippen molar-refractivity contribution in [3.05, 3.63) is 64.9 Å². The third-order valence-electron chi connectivity index (χ3n) is 5.69. The summed E-state index contributed by atoms with van der Waals surface area (Å²) in [5, 5.41) is 3.57. The van der Waals surface area contributed by atoms with Gasteiger partial charge >= 0.3 is 0 Å². The van der Waals surface area contributed by atoms with E-state index >= 15 is 0 Å². The SMILES string of the molecule is CCCCCCCCCCn1c(CCNC(=O)c2cccc(Cl)c2)nc2ccccc21. The predicted molar refractivity (Wildman–Crippen MR) is 130 cm³/mol. The van der Waals surface area contributed by atoms with Crippen molar-refractivity contribution in [1.82, 2.24) is 14.9 Å². The third kappa shape index (κ3) is 7.10. The molecule has 0 spiro atoms. The average Bonchev–Trinajstić information content (AvgIpc) is 3.13. The number of aromatic nitrogens is 2. The maximum absolute atomic E-state index is 12.4. The van der Waals surface area contributed by atoms with Crippen LogP contribution in [0.1, 0.15) is 74.5 Å². The quantitative estimate of drug-likeness (QED) is 0.297. The molecule has 5 heteroatoms. The summed E-state index contributed by atoms with van der Waals surface area (Å²) in [6.45, 7) is 3.79. The first-order valence-corrected chi connectivity index (χ1v) is 12.0. The number of benzene rings is 2. The molecular formula is C26H34ClN3O. The van der Waals surface area contributed by atoms with Crippen molar-refractivity contribution >= 4 is 28.5 Å². The molecule has 1 amide bonds. The van der Waals surface area contributed by atoms with E-state index in [9.17, 15) is 4.79 Å². The summed E-state index contributed by atoms with van der Waals surface area (Å²) in [6.07, 6.45) is 11.2. The predicted octanol–water partition coefficient (Wildman–Crippen LogP) is 6.80. The van der Waals surface area contributed by atoms with Crippen LogP contribution in [0.4, 0.5) is 0 Å². The molecule has 4 nitrogen and oxygen atoms in total. The maximum Gasteiger partial charge on any atom is 0.251 e. The van der Waals surface area contributed by atoms with Crippen LogP contribution in [0.5, 0.6) is 0 Å². The number of nitrogens with one attached hydrogen (secondary N) is 1. The summed E-state index contributed by atoms with van der Waals surface area (Å²) in [7, 11) is 0. The Morgan fingerprint density at radius 3 is 2.48 bits per heavy atom. The first-order chi connectivity index (χ1) is 15.2. The zero-order chi connectivity index (χ0) is 21.9. The van der Waals surface area contributed by atoms with E-state index in [2.05, 4.69) is 35.0 Å². The van der Waals surface area contributed by atoms with Crippen molar-refractivity contribution in [3.8, 4) is 0 Å². The lowest BCUT2D eigenvalue weighted by molar-refractivity contribution is 0.0954. The molecule has 0 fully saturated rings. The Balaban J connectivity index is 1.53. The first kappa shape index (κ1) is 23.3. The van der Waals surface area contributed by atoms with Crippen LogP contribution < -0.4 is 5.32 Å². The standard InChI is InChI=1S/C26H34ClN3O/c1-2-3-4-5-6-7-8-11-19-30-24-16-10-9-15-23(24)29-25(30)17-18-28-26(31)21-13-12-14-22(27)20-21/h9-10,12-16,20H,2-8,11,17-19H2,1H3,(H,28,31). The average molecular weight is 440 g/mol. The Morgan fingerprint density at radius 1 is 0.968 bits per heavy atom. The highest BCUT2D eigenvalue weighted by molar-refractivity contribution is 6.30. The minimum Gasteiger partial charge on any atom is -0.352 e. The largest absolute Gasteiger partial charge is 0.352 e. The van der Waals surface area contributed by atoms with E-state index in [1.54, 1.807) is 24.3 Å². The Hall–Kier alpha value is -2.33. The van der Waals surface area contributed by atoms with Gasteiger partial charge in [0.15, 0.2) is 0 Å². The molecule has 0 unspecified atom stereocenters. The zero-order valence-electron chi connectivity index (χ0n) is 18.6. The van der Waals surface area contributed by atoms with Crippen molar-refractivity contribution < 1.29 is 4.79 Å². The minimum absolute atomic E-state index is 0.103. The molecule has 0 atom stereocenters. The number of carbonyl (C=O) groups excluding carboxylic acids is 1. The van der Waals surface area contributed by atoms with Gasteiger partial charge in [0.2, 0.25) is 0 Å². The molecule has 3 aromatic rings. The van der Waals surface area contributed by atoms with Crippen molar-refractivity contribution in [2.75, 3.05) is 6.54 Å². The lowest BCUT2D eigenvalue weighted by Crippen LogP contribution is -2.26. The molecule has 0 saturated heterocycles. The summed E-state index contributed by atoms with van der Waals surface area (Å²) in [5.41, 5.74) is 2.79. The van der Waals surface area contributed by atoms with E-state index in [1.165, 1.54) is 50.5 Å². The number of fused-ring (bicyclic) bond motifs is 1. The molecule has 0 aliphatic carbocycles. The molecule has 0 aliphatic rings. The Kier molecular flexibility index (Phi) is 9.41. The fourth-order valence-electron chi connectivity index (χ4n) is 3.99. The van der Waals surface area contributed by atoms with Crippen LogP contribution in [0.3, 0.4) is 0 Å². The van der Waals surface area contributed by atoms with Gasteiger partial charge in [-0.1, -0.05) is 81.7 Å². The summed E-state index contributed by atoms with van der Waals surface area (Å²) in [4.78, 5) is 17.2. The first-order valence-electron chi connectivity index (χ1n) is 11.7. The van der Waals surface area contributed by atoms with E-state index in [4.69, 9.17) is 16.6 Å². The second kappa shape index (κ2) is 12.5. The van der Waals surface area contributed by atoms with E-state index < -0.39 is 0 Å². The highest BCUT2D eigenvalue weighted by Gasteiger charge is 2.11. The molecule has 166 valence electrons. The number of rotatable bonds is 13. The van der Waals surface area contributed by atoms with E-state index in [-0.39, 0.29) is 5.91 Å². The number of aryl methyl sites for hydroxylation is 1. The van der Waals surface area contributed by atoms with Crippen molar-refractivity contribution in [2.45, 2.75) is 71.3 Å². The van der Waals surface area contributed by atoms with Gasteiger partial charge in [-0.05, 0) is 36.8 Å². The van der Waals surface area contributed by atoms with Crippen LogP contribution in [0.15, 0.2) is 48.5 Å². The fraction of sp³-hybridized carbons (Fsp3) is 0.462. The maximum atomic E-state index is 12.4. The highest BCUT2D eigenvalue weighted by Crippen LogP contribution is 2.18. The third-order valence-corrected chi connectivity index (χ3v) is 5.92. The number of nitrogens with zero attached hydrogens (tertiary/aromatic N) is 2. The second-order valence-corrected chi connectivity index (χ2v) is 8.60. The van der Waals surface area contributed by atoms with Crippen molar-refractivity contribution in [2.24, 2.45) is 0 Å². The van der Waals surface area contributed by atoms with Gasteiger partial charge in [0.1, 0.15) is 5.82 Å². The van der Waals surface area contributed by atoms with Gasteiger partial charge in [0.05, 0.1) is 11.0 Å². The molecule has 3 rings (SSSR count). The number of imidazole rings is 1. The molecule has 1 aromatic heterocycles. The Bertz CT molecular complexity index is 966. The van der Waals surface area contributed by atoms with Gasteiger partial charge in [-0.25, -0.2) is 4.98 Å². The molecule has 0 radical (unpaired) electrons. The topological polar surface area (TPSA) is 46.9 Å². The smallest absolute Gasteiger partial charge is 0.251 e. The van der Waals surface area contributed by atoms with Crippen LogP contribution >= 0.6 is 11.6 Å². The van der Waals surface area contributed by atoms with Gasteiger partial charge in [0.25, 0.3) is 5.91 Å². The van der Waals surface area contributed by atoms with Crippen LogP contribution in [0, 0.1) is 0 Å². The van der Waals surface area contributed by atoms with Crippen LogP contribution in [-0.4, -0.2) is 22.0 Å². The Labute approximate surface area is 191 Å². The van der Waals surface area contributed by atoms with Gasteiger partial charge in [-0.3, -0.25) is 4.79 Å². The lowest BCUT2D eigenvalue weighted by Gasteiger charge is -2.10. The second-order valence-electron chi connectivity index (χ2n) is 8.16. The van der Waals surface area contributed by atoms with Gasteiger partial charge in [-0.2, -0.15) is 0 Å². The summed E-state index contributed by atoms with van der Waals surface area (Å²) < 4.78 is 2.33. The highest BCUT2D eigenvalue weighted by atomic mass is 35.5. The molecule has 1 N–H and O–H groups in total. The number of hydrogen-bond acceptors (Lipinski definition) is 2. The molecular weight excluding hydrogens is 406 g/mol. The summed E-state index contributed by atoms with van der Waals surface area (Å²) in [6, 6.07) is 15.3. The Morgan fingerprint density at radius 2 is 1.71 bits per heavy atom. The molecule has 31 heavy (non-hydrogen) atoms. The van der Waals surface area contributed by atoms with Crippen molar-refractivity contribution in [3.63, 3.8) is 0 Å². The minimum atomic E-state index is -0.103. The van der Waals surface area contributed by atoms with Gasteiger partial charge in [-0.15, -0.1) is 0 Å².